The van der Waals surface area contributed by atoms with E-state index in [0.29, 0.717) is 30.0 Å². The molecule has 1 amide bonds. The predicted molar refractivity (Wildman–Crippen MR) is 126 cm³/mol. The molecule has 0 saturated carbocycles. The van der Waals surface area contributed by atoms with Gasteiger partial charge < -0.3 is 24.1 Å². The molecule has 1 aliphatic rings. The Bertz CT molecular complexity index is 1240. The molecule has 0 bridgehead atoms. The molecule has 1 atom stereocenters. The van der Waals surface area contributed by atoms with Gasteiger partial charge in [0.05, 0.1) is 12.7 Å². The molecule has 1 fully saturated rings. The normalized spacial score (nSPS) is 18.0. The van der Waals surface area contributed by atoms with Crippen LogP contribution in [0.5, 0.6) is 5.75 Å². The van der Waals surface area contributed by atoms with Gasteiger partial charge in [-0.25, -0.2) is 0 Å². The van der Waals surface area contributed by atoms with E-state index in [0.717, 1.165) is 23.1 Å². The van der Waals surface area contributed by atoms with Crippen molar-refractivity contribution in [3.8, 4) is 5.75 Å². The van der Waals surface area contributed by atoms with Crippen molar-refractivity contribution in [2.75, 3.05) is 34.3 Å². The third kappa shape index (κ3) is 4.36. The minimum atomic E-state index is -0.771. The van der Waals surface area contributed by atoms with Crippen molar-refractivity contribution in [1.82, 2.24) is 9.80 Å². The van der Waals surface area contributed by atoms with E-state index in [1.807, 2.05) is 43.3 Å². The lowest BCUT2D eigenvalue weighted by molar-refractivity contribution is -0.140. The number of carbonyl (C=O) groups is 2. The SMILES string of the molecule is COc1ccc2cc(/C(O)=C3\C(=O)C(=O)N(CCCN(C)C)C3c3ccc(C)o3)ccc2c1. The van der Waals surface area contributed by atoms with E-state index in [4.69, 9.17) is 9.15 Å². The standard InChI is InChI=1S/C26H28N2O5/c1-16-6-11-21(33-16)23-22(25(30)26(31)28(23)13-5-12-27(2)3)24(29)19-8-7-18-15-20(32-4)10-9-17(18)14-19/h6-11,14-15,23,29H,5,12-13H2,1-4H3/b24-22+. The van der Waals surface area contributed by atoms with Crippen LogP contribution in [0.15, 0.2) is 58.5 Å². The van der Waals surface area contributed by atoms with Crippen LogP contribution in [0.2, 0.25) is 0 Å². The third-order valence-corrected chi connectivity index (χ3v) is 5.90. The predicted octanol–water partition coefficient (Wildman–Crippen LogP) is 4.12. The van der Waals surface area contributed by atoms with Gasteiger partial charge in [-0.15, -0.1) is 0 Å². The van der Waals surface area contributed by atoms with Gasteiger partial charge in [0.15, 0.2) is 0 Å². The van der Waals surface area contributed by atoms with E-state index in [-0.39, 0.29) is 11.3 Å². The van der Waals surface area contributed by atoms with E-state index in [1.54, 1.807) is 38.3 Å². The number of hydrogen-bond donors (Lipinski definition) is 1. The molecule has 7 nitrogen and oxygen atoms in total. The minimum Gasteiger partial charge on any atom is -0.507 e. The van der Waals surface area contributed by atoms with E-state index >= 15 is 0 Å². The number of aliphatic hydroxyl groups is 1. The molecule has 4 rings (SSSR count). The lowest BCUT2D eigenvalue weighted by Crippen LogP contribution is -2.32. The molecule has 33 heavy (non-hydrogen) atoms. The number of carbonyl (C=O) groups excluding carboxylic acids is 2. The Kier molecular flexibility index (Phi) is 6.24. The second-order valence-corrected chi connectivity index (χ2v) is 8.53. The van der Waals surface area contributed by atoms with Crippen LogP contribution in [-0.2, 0) is 9.59 Å². The summed E-state index contributed by atoms with van der Waals surface area (Å²) in [7, 11) is 5.52. The summed E-state index contributed by atoms with van der Waals surface area (Å²) in [5, 5.41) is 13.1. The van der Waals surface area contributed by atoms with Crippen molar-refractivity contribution >= 4 is 28.2 Å². The summed E-state index contributed by atoms with van der Waals surface area (Å²) in [6.07, 6.45) is 0.689. The van der Waals surface area contributed by atoms with Gasteiger partial charge in [-0.2, -0.15) is 0 Å². The quantitative estimate of drug-likeness (QED) is 0.333. The van der Waals surface area contributed by atoms with Gasteiger partial charge in [-0.3, -0.25) is 9.59 Å². The number of hydrogen-bond acceptors (Lipinski definition) is 6. The number of methoxy groups -OCH3 is 1. The number of ketones is 1. The Hall–Kier alpha value is -3.58. The lowest BCUT2D eigenvalue weighted by Gasteiger charge is -2.24. The van der Waals surface area contributed by atoms with Crippen LogP contribution >= 0.6 is 0 Å². The van der Waals surface area contributed by atoms with Gasteiger partial charge in [-0.05, 0) is 75.1 Å². The maximum atomic E-state index is 13.1. The van der Waals surface area contributed by atoms with Gasteiger partial charge >= 0.3 is 0 Å². The molecule has 1 unspecified atom stereocenters. The molecule has 172 valence electrons. The minimum absolute atomic E-state index is 0.0482. The highest BCUT2D eigenvalue weighted by molar-refractivity contribution is 6.46. The lowest BCUT2D eigenvalue weighted by atomic mass is 9.97. The molecule has 7 heteroatoms. The number of amides is 1. The van der Waals surface area contributed by atoms with Crippen LogP contribution in [0.25, 0.3) is 16.5 Å². The summed E-state index contributed by atoms with van der Waals surface area (Å²) < 4.78 is 11.1. The molecule has 2 aromatic carbocycles. The summed E-state index contributed by atoms with van der Waals surface area (Å²) in [5.41, 5.74) is 0.513. The topological polar surface area (TPSA) is 83.2 Å². The first-order valence-corrected chi connectivity index (χ1v) is 10.9. The number of aryl methyl sites for hydroxylation is 1. The summed E-state index contributed by atoms with van der Waals surface area (Å²) in [4.78, 5) is 29.6. The maximum Gasteiger partial charge on any atom is 0.295 e. The highest BCUT2D eigenvalue weighted by Gasteiger charge is 2.47. The number of benzene rings is 2. The van der Waals surface area contributed by atoms with Gasteiger partial charge in [0, 0.05) is 12.1 Å². The van der Waals surface area contributed by atoms with Gasteiger partial charge in [-0.1, -0.05) is 18.2 Å². The van der Waals surface area contributed by atoms with Crippen molar-refractivity contribution in [2.24, 2.45) is 0 Å². The van der Waals surface area contributed by atoms with Crippen LogP contribution in [-0.4, -0.2) is 60.9 Å². The Labute approximate surface area is 192 Å². The number of ether oxygens (including phenoxy) is 1. The van der Waals surface area contributed by atoms with Gasteiger partial charge in [0.1, 0.15) is 29.1 Å². The molecule has 1 saturated heterocycles. The molecule has 1 aliphatic heterocycles. The highest BCUT2D eigenvalue weighted by Crippen LogP contribution is 2.40. The smallest absolute Gasteiger partial charge is 0.295 e. The summed E-state index contributed by atoms with van der Waals surface area (Å²) in [6, 6.07) is 13.8. The van der Waals surface area contributed by atoms with E-state index in [2.05, 4.69) is 0 Å². The van der Waals surface area contributed by atoms with Crippen LogP contribution in [0.1, 0.15) is 29.5 Å². The zero-order valence-electron chi connectivity index (χ0n) is 19.3. The number of fused-ring (bicyclic) bond motifs is 1. The fourth-order valence-corrected chi connectivity index (χ4v) is 4.22. The van der Waals surface area contributed by atoms with E-state index in [9.17, 15) is 14.7 Å². The number of furan rings is 1. The van der Waals surface area contributed by atoms with Gasteiger partial charge in [0.25, 0.3) is 11.7 Å². The summed E-state index contributed by atoms with van der Waals surface area (Å²) in [5.74, 6) is 0.328. The Balaban J connectivity index is 1.79. The maximum absolute atomic E-state index is 13.1. The average molecular weight is 449 g/mol. The average Bonchev–Trinajstić information content (AvgIpc) is 3.33. The zero-order chi connectivity index (χ0) is 23.7. The van der Waals surface area contributed by atoms with E-state index < -0.39 is 17.7 Å². The first-order chi connectivity index (χ1) is 15.8. The van der Waals surface area contributed by atoms with Crippen LogP contribution in [0, 0.1) is 6.92 Å². The van der Waals surface area contributed by atoms with Crippen molar-refractivity contribution in [3.05, 3.63) is 71.2 Å². The molecule has 2 heterocycles. The molecule has 1 N–H and O–H groups in total. The van der Waals surface area contributed by atoms with E-state index in [1.165, 1.54) is 4.90 Å². The molecule has 3 aromatic rings. The fourth-order valence-electron chi connectivity index (χ4n) is 4.22. The van der Waals surface area contributed by atoms with Crippen molar-refractivity contribution in [1.29, 1.82) is 0 Å². The number of nitrogens with zero attached hydrogens (tertiary/aromatic N) is 2. The second-order valence-electron chi connectivity index (χ2n) is 8.53. The second kappa shape index (κ2) is 9.11. The number of aliphatic hydroxyl groups excluding tert-OH is 1. The zero-order valence-corrected chi connectivity index (χ0v) is 19.3. The first-order valence-electron chi connectivity index (χ1n) is 10.9. The van der Waals surface area contributed by atoms with Crippen LogP contribution in [0.4, 0.5) is 0 Å². The monoisotopic (exact) mass is 448 g/mol. The summed E-state index contributed by atoms with van der Waals surface area (Å²) >= 11 is 0. The molecule has 0 spiro atoms. The third-order valence-electron chi connectivity index (χ3n) is 5.90. The Morgan fingerprint density at radius 1 is 1.09 bits per heavy atom. The molecular weight excluding hydrogens is 420 g/mol. The molecule has 0 aliphatic carbocycles. The summed E-state index contributed by atoms with van der Waals surface area (Å²) in [6.45, 7) is 2.95. The van der Waals surface area contributed by atoms with Gasteiger partial charge in [0.2, 0.25) is 0 Å². The fraction of sp³-hybridized carbons (Fsp3) is 0.308. The number of rotatable bonds is 7. The largest absolute Gasteiger partial charge is 0.507 e. The van der Waals surface area contributed by atoms with Crippen molar-refractivity contribution in [3.63, 3.8) is 0 Å². The number of Topliss-reactive ketones (excluding diaryl/α,β-unsaturated/α-hetero) is 1. The van der Waals surface area contributed by atoms with Crippen molar-refractivity contribution < 1.29 is 23.8 Å². The Morgan fingerprint density at radius 3 is 2.48 bits per heavy atom. The highest BCUT2D eigenvalue weighted by atomic mass is 16.5. The molecule has 1 aromatic heterocycles. The molecule has 0 radical (unpaired) electrons. The first kappa shape index (κ1) is 22.6. The van der Waals surface area contributed by atoms with Crippen molar-refractivity contribution in [2.45, 2.75) is 19.4 Å². The number of likely N-dealkylation sites (tertiary alicyclic amines) is 1. The Morgan fingerprint density at radius 2 is 1.82 bits per heavy atom. The van der Waals surface area contributed by atoms with Crippen LogP contribution in [0.3, 0.4) is 0 Å². The molecular formula is C26H28N2O5. The van der Waals surface area contributed by atoms with Crippen LogP contribution < -0.4 is 4.74 Å².